The lowest BCUT2D eigenvalue weighted by atomic mass is 9.91. The first-order valence-corrected chi connectivity index (χ1v) is 8.27. The number of carbonyl (C=O) groups is 1. The Hall–Kier alpha value is -1.44. The van der Waals surface area contributed by atoms with Gasteiger partial charge in [0.1, 0.15) is 6.10 Å². The van der Waals surface area contributed by atoms with E-state index in [1.807, 2.05) is 24.1 Å². The van der Waals surface area contributed by atoms with Crippen molar-refractivity contribution >= 4 is 5.91 Å². The van der Waals surface area contributed by atoms with Crippen LogP contribution >= 0.6 is 0 Å². The number of aryl methyl sites for hydroxylation is 1. The Balaban J connectivity index is 1.48. The zero-order valence-corrected chi connectivity index (χ0v) is 13.9. The third-order valence-corrected chi connectivity index (χ3v) is 4.70. The largest absolute Gasteiger partial charge is 0.383 e. The molecule has 0 radical (unpaired) electrons. The SMILES string of the molecule is COCCNC(=O)[C@@H]1C[C@H]2CCN(Cc3cnn(C)c3)C[C@@H]2O1. The number of nitrogens with zero attached hydrogens (tertiary/aromatic N) is 3. The molecule has 23 heavy (non-hydrogen) atoms. The summed E-state index contributed by atoms with van der Waals surface area (Å²) in [6.07, 6.45) is 5.75. The summed E-state index contributed by atoms with van der Waals surface area (Å²) in [5.74, 6) is 0.494. The third kappa shape index (κ3) is 4.10. The Kier molecular flexibility index (Phi) is 5.30. The second-order valence-corrected chi connectivity index (χ2v) is 6.49. The summed E-state index contributed by atoms with van der Waals surface area (Å²) >= 11 is 0. The van der Waals surface area contributed by atoms with Crippen molar-refractivity contribution in [1.29, 1.82) is 0 Å². The minimum absolute atomic E-state index is 0.00439. The van der Waals surface area contributed by atoms with Gasteiger partial charge >= 0.3 is 0 Å². The molecule has 2 aliphatic rings. The lowest BCUT2D eigenvalue weighted by molar-refractivity contribution is -0.133. The summed E-state index contributed by atoms with van der Waals surface area (Å²) in [5, 5.41) is 7.09. The number of ether oxygens (including phenoxy) is 2. The fourth-order valence-corrected chi connectivity index (χ4v) is 3.51. The second kappa shape index (κ2) is 7.42. The highest BCUT2D eigenvalue weighted by Crippen LogP contribution is 2.33. The molecule has 3 atom stereocenters. The van der Waals surface area contributed by atoms with Gasteiger partial charge in [0.05, 0.1) is 18.9 Å². The van der Waals surface area contributed by atoms with E-state index in [0.29, 0.717) is 19.1 Å². The topological polar surface area (TPSA) is 68.6 Å². The maximum atomic E-state index is 12.1. The van der Waals surface area contributed by atoms with E-state index < -0.39 is 0 Å². The van der Waals surface area contributed by atoms with Gasteiger partial charge in [0, 0.05) is 45.6 Å². The Bertz CT molecular complexity index is 533. The molecule has 1 amide bonds. The molecule has 2 saturated heterocycles. The molecule has 1 aromatic heterocycles. The van der Waals surface area contributed by atoms with Gasteiger partial charge in [-0.2, -0.15) is 5.10 Å². The van der Waals surface area contributed by atoms with E-state index in [4.69, 9.17) is 9.47 Å². The number of hydrogen-bond donors (Lipinski definition) is 1. The Morgan fingerprint density at radius 1 is 1.57 bits per heavy atom. The van der Waals surface area contributed by atoms with E-state index >= 15 is 0 Å². The minimum Gasteiger partial charge on any atom is -0.383 e. The first-order valence-electron chi connectivity index (χ1n) is 8.27. The maximum absolute atomic E-state index is 12.1. The van der Waals surface area contributed by atoms with Crippen molar-refractivity contribution < 1.29 is 14.3 Å². The molecule has 0 aliphatic carbocycles. The predicted molar refractivity (Wildman–Crippen MR) is 84.8 cm³/mol. The Labute approximate surface area is 136 Å². The summed E-state index contributed by atoms with van der Waals surface area (Å²) in [6.45, 7) is 3.91. The molecule has 1 aromatic rings. The van der Waals surface area contributed by atoms with Gasteiger partial charge in [-0.15, -0.1) is 0 Å². The molecule has 2 aliphatic heterocycles. The molecule has 1 N–H and O–H groups in total. The van der Waals surface area contributed by atoms with Crippen molar-refractivity contribution in [2.24, 2.45) is 13.0 Å². The fourth-order valence-electron chi connectivity index (χ4n) is 3.51. The van der Waals surface area contributed by atoms with Crippen molar-refractivity contribution in [2.45, 2.75) is 31.6 Å². The summed E-state index contributed by atoms with van der Waals surface area (Å²) in [4.78, 5) is 14.5. The smallest absolute Gasteiger partial charge is 0.249 e. The highest BCUT2D eigenvalue weighted by atomic mass is 16.5. The molecule has 3 heterocycles. The van der Waals surface area contributed by atoms with Gasteiger partial charge in [-0.05, 0) is 25.3 Å². The van der Waals surface area contributed by atoms with E-state index in [-0.39, 0.29) is 18.1 Å². The monoisotopic (exact) mass is 322 g/mol. The maximum Gasteiger partial charge on any atom is 0.249 e. The Morgan fingerprint density at radius 3 is 3.17 bits per heavy atom. The number of amides is 1. The number of likely N-dealkylation sites (tertiary alicyclic amines) is 1. The van der Waals surface area contributed by atoms with Crippen LogP contribution in [0.25, 0.3) is 0 Å². The first kappa shape index (κ1) is 16.4. The van der Waals surface area contributed by atoms with Gasteiger partial charge in [0.2, 0.25) is 5.91 Å². The molecular formula is C16H26N4O3. The third-order valence-electron chi connectivity index (χ3n) is 4.70. The number of methoxy groups -OCH3 is 1. The average molecular weight is 322 g/mol. The van der Waals surface area contributed by atoms with Crippen molar-refractivity contribution in [3.05, 3.63) is 18.0 Å². The molecule has 7 heteroatoms. The van der Waals surface area contributed by atoms with Crippen LogP contribution < -0.4 is 5.32 Å². The van der Waals surface area contributed by atoms with E-state index in [1.165, 1.54) is 5.56 Å². The van der Waals surface area contributed by atoms with Gasteiger partial charge in [0.25, 0.3) is 0 Å². The molecule has 128 valence electrons. The molecule has 0 bridgehead atoms. The van der Waals surface area contributed by atoms with Crippen LogP contribution in [0, 0.1) is 5.92 Å². The van der Waals surface area contributed by atoms with Gasteiger partial charge in [-0.1, -0.05) is 0 Å². The highest BCUT2D eigenvalue weighted by molar-refractivity contribution is 5.81. The van der Waals surface area contributed by atoms with Gasteiger partial charge < -0.3 is 14.8 Å². The van der Waals surface area contributed by atoms with Crippen LogP contribution in [0.4, 0.5) is 0 Å². The van der Waals surface area contributed by atoms with Crippen LogP contribution in [-0.4, -0.2) is 66.1 Å². The van der Waals surface area contributed by atoms with Crippen molar-refractivity contribution in [1.82, 2.24) is 20.0 Å². The summed E-state index contributed by atoms with van der Waals surface area (Å²) in [6, 6.07) is 0. The molecule has 0 aromatic carbocycles. The minimum atomic E-state index is -0.305. The zero-order valence-electron chi connectivity index (χ0n) is 13.9. The van der Waals surface area contributed by atoms with Crippen molar-refractivity contribution in [3.63, 3.8) is 0 Å². The van der Waals surface area contributed by atoms with Crippen molar-refractivity contribution in [3.8, 4) is 0 Å². The van der Waals surface area contributed by atoms with E-state index in [2.05, 4.69) is 15.3 Å². The number of hydrogen-bond acceptors (Lipinski definition) is 5. The Morgan fingerprint density at radius 2 is 2.43 bits per heavy atom. The standard InChI is InChI=1S/C16H26N4O3/c1-19-9-12(8-18-19)10-20-5-3-13-7-14(23-15(13)11-20)16(21)17-4-6-22-2/h8-9,13-15H,3-7,10-11H2,1-2H3,(H,17,21)/t13-,14+,15+/m1/s1. The first-order chi connectivity index (χ1) is 11.2. The molecular weight excluding hydrogens is 296 g/mol. The van der Waals surface area contributed by atoms with Crippen LogP contribution in [0.5, 0.6) is 0 Å². The van der Waals surface area contributed by atoms with Gasteiger partial charge in [-0.3, -0.25) is 14.4 Å². The van der Waals surface area contributed by atoms with Crippen LogP contribution in [0.3, 0.4) is 0 Å². The van der Waals surface area contributed by atoms with E-state index in [9.17, 15) is 4.79 Å². The average Bonchev–Trinajstić information content (AvgIpc) is 3.13. The number of nitrogens with one attached hydrogen (secondary N) is 1. The number of carbonyl (C=O) groups excluding carboxylic acids is 1. The zero-order chi connectivity index (χ0) is 16.2. The number of fused-ring (bicyclic) bond motifs is 1. The normalized spacial score (nSPS) is 27.8. The second-order valence-electron chi connectivity index (χ2n) is 6.49. The van der Waals surface area contributed by atoms with Crippen LogP contribution in [0.1, 0.15) is 18.4 Å². The molecule has 0 saturated carbocycles. The number of piperidine rings is 1. The lowest BCUT2D eigenvalue weighted by Gasteiger charge is -2.33. The molecule has 3 rings (SSSR count). The van der Waals surface area contributed by atoms with Crippen LogP contribution in [0.2, 0.25) is 0 Å². The number of aromatic nitrogens is 2. The number of rotatable bonds is 6. The van der Waals surface area contributed by atoms with Crippen molar-refractivity contribution in [2.75, 3.05) is 33.4 Å². The molecule has 2 fully saturated rings. The quantitative estimate of drug-likeness (QED) is 0.756. The van der Waals surface area contributed by atoms with Crippen LogP contribution in [-0.2, 0) is 27.9 Å². The van der Waals surface area contributed by atoms with E-state index in [0.717, 1.165) is 32.5 Å². The van der Waals surface area contributed by atoms with Crippen LogP contribution in [0.15, 0.2) is 12.4 Å². The highest BCUT2D eigenvalue weighted by Gasteiger charge is 2.41. The predicted octanol–water partition coefficient (Wildman–Crippen LogP) is 0.162. The van der Waals surface area contributed by atoms with E-state index in [1.54, 1.807) is 7.11 Å². The summed E-state index contributed by atoms with van der Waals surface area (Å²) < 4.78 is 12.8. The molecule has 7 nitrogen and oxygen atoms in total. The van der Waals surface area contributed by atoms with Gasteiger partial charge in [-0.25, -0.2) is 0 Å². The fraction of sp³-hybridized carbons (Fsp3) is 0.750. The van der Waals surface area contributed by atoms with Gasteiger partial charge in [0.15, 0.2) is 0 Å². The molecule has 0 spiro atoms. The molecule has 0 unspecified atom stereocenters. The lowest BCUT2D eigenvalue weighted by Crippen LogP contribution is -2.42. The summed E-state index contributed by atoms with van der Waals surface area (Å²) in [5.41, 5.74) is 1.22. The summed E-state index contributed by atoms with van der Waals surface area (Å²) in [7, 11) is 3.56.